The molecule has 0 spiro atoms. The summed E-state index contributed by atoms with van der Waals surface area (Å²) in [6, 6.07) is 15.2. The molecule has 0 saturated heterocycles. The zero-order valence-electron chi connectivity index (χ0n) is 14.1. The maximum absolute atomic E-state index is 13.6. The number of sulfone groups is 1. The van der Waals surface area contributed by atoms with E-state index in [0.29, 0.717) is 11.1 Å². The van der Waals surface area contributed by atoms with Gasteiger partial charge >= 0.3 is 0 Å². The zero-order chi connectivity index (χ0) is 19.4. The third-order valence-corrected chi connectivity index (χ3v) is 5.82. The van der Waals surface area contributed by atoms with E-state index in [4.69, 9.17) is 4.74 Å². The largest absolute Gasteiger partial charge is 0.486 e. The molecule has 7 heteroatoms. The van der Waals surface area contributed by atoms with Crippen LogP contribution in [0, 0.1) is 11.6 Å². The number of benzene rings is 3. The van der Waals surface area contributed by atoms with Gasteiger partial charge in [-0.25, -0.2) is 17.2 Å². The highest BCUT2D eigenvalue weighted by Gasteiger charge is 2.20. The third kappa shape index (κ3) is 4.15. The minimum Gasteiger partial charge on any atom is -0.486 e. The van der Waals surface area contributed by atoms with Crippen molar-refractivity contribution in [3.63, 3.8) is 0 Å². The predicted molar refractivity (Wildman–Crippen MR) is 94.9 cm³/mol. The second-order valence-electron chi connectivity index (χ2n) is 5.78. The average Bonchev–Trinajstić information content (AvgIpc) is 2.67. The summed E-state index contributed by atoms with van der Waals surface area (Å²) >= 11 is 0. The predicted octanol–water partition coefficient (Wildman–Crippen LogP) is 3.87. The molecule has 1 N–H and O–H groups in total. The number of ether oxygens (including phenoxy) is 1. The Kier molecular flexibility index (Phi) is 5.53. The van der Waals surface area contributed by atoms with Gasteiger partial charge in [-0.15, -0.1) is 0 Å². The molecule has 27 heavy (non-hydrogen) atoms. The van der Waals surface area contributed by atoms with Gasteiger partial charge in [0, 0.05) is 6.07 Å². The molecule has 0 radical (unpaired) electrons. The van der Waals surface area contributed by atoms with E-state index in [2.05, 4.69) is 0 Å². The topological polar surface area (TPSA) is 63.6 Å². The molecule has 0 aliphatic heterocycles. The van der Waals surface area contributed by atoms with Gasteiger partial charge in [0.15, 0.2) is 11.6 Å². The van der Waals surface area contributed by atoms with Gasteiger partial charge in [-0.2, -0.15) is 0 Å². The van der Waals surface area contributed by atoms with Crippen molar-refractivity contribution in [1.82, 2.24) is 0 Å². The van der Waals surface area contributed by atoms with Gasteiger partial charge in [-0.3, -0.25) is 0 Å². The number of rotatable bonds is 6. The first-order valence-corrected chi connectivity index (χ1v) is 9.51. The second-order valence-corrected chi connectivity index (χ2v) is 7.69. The molecule has 3 aromatic rings. The van der Waals surface area contributed by atoms with Crippen LogP contribution >= 0.6 is 0 Å². The van der Waals surface area contributed by atoms with Crippen LogP contribution in [0.1, 0.15) is 11.1 Å². The molecule has 0 saturated carbocycles. The van der Waals surface area contributed by atoms with Crippen molar-refractivity contribution in [2.75, 3.05) is 0 Å². The number of aliphatic hydroxyl groups is 1. The maximum atomic E-state index is 13.6. The lowest BCUT2D eigenvalue weighted by atomic mass is 10.2. The molecule has 0 unspecified atom stereocenters. The highest BCUT2D eigenvalue weighted by atomic mass is 32.2. The van der Waals surface area contributed by atoms with E-state index in [1.807, 2.05) is 0 Å². The number of halogens is 2. The monoisotopic (exact) mass is 390 g/mol. The Balaban J connectivity index is 1.78. The van der Waals surface area contributed by atoms with Crippen LogP contribution in [-0.2, 0) is 23.1 Å². The van der Waals surface area contributed by atoms with Crippen molar-refractivity contribution >= 4 is 9.84 Å². The minimum atomic E-state index is -3.78. The molecule has 4 nitrogen and oxygen atoms in total. The van der Waals surface area contributed by atoms with Crippen molar-refractivity contribution in [3.8, 4) is 5.75 Å². The molecular formula is C20H16F2O4S. The molecule has 0 atom stereocenters. The first-order valence-electron chi connectivity index (χ1n) is 8.02. The lowest BCUT2D eigenvalue weighted by Gasteiger charge is -2.10. The van der Waals surface area contributed by atoms with Gasteiger partial charge in [0.2, 0.25) is 9.84 Å². The molecule has 0 aromatic heterocycles. The first kappa shape index (κ1) is 19.0. The van der Waals surface area contributed by atoms with Crippen molar-refractivity contribution in [3.05, 3.63) is 89.5 Å². The Hall–Kier alpha value is -2.77. The summed E-state index contributed by atoms with van der Waals surface area (Å²) in [6.45, 7) is -0.388. The lowest BCUT2D eigenvalue weighted by molar-refractivity contribution is 0.278. The van der Waals surface area contributed by atoms with E-state index in [0.717, 1.165) is 12.1 Å². The summed E-state index contributed by atoms with van der Waals surface area (Å²) in [4.78, 5) is 0.116. The Bertz CT molecular complexity index is 1050. The summed E-state index contributed by atoms with van der Waals surface area (Å²) in [5.41, 5.74) is 0.935. The number of hydrogen-bond acceptors (Lipinski definition) is 4. The Labute approximate surface area is 155 Å². The summed E-state index contributed by atoms with van der Waals surface area (Å²) in [5.74, 6) is -1.60. The third-order valence-electron chi connectivity index (χ3n) is 3.95. The van der Waals surface area contributed by atoms with Crippen LogP contribution in [0.4, 0.5) is 8.78 Å². The highest BCUT2D eigenvalue weighted by Crippen LogP contribution is 2.25. The fourth-order valence-corrected chi connectivity index (χ4v) is 4.03. The second kappa shape index (κ2) is 7.85. The Morgan fingerprint density at radius 1 is 0.926 bits per heavy atom. The fraction of sp³-hybridized carbons (Fsp3) is 0.100. The molecule has 0 aliphatic rings. The molecule has 0 heterocycles. The Morgan fingerprint density at radius 3 is 2.30 bits per heavy atom. The van der Waals surface area contributed by atoms with Crippen LogP contribution in [0.3, 0.4) is 0 Å². The molecule has 140 valence electrons. The van der Waals surface area contributed by atoms with Crippen molar-refractivity contribution in [2.24, 2.45) is 0 Å². The van der Waals surface area contributed by atoms with Crippen LogP contribution in [0.15, 0.2) is 76.5 Å². The van der Waals surface area contributed by atoms with Gasteiger partial charge in [0.05, 0.1) is 16.4 Å². The van der Waals surface area contributed by atoms with E-state index in [9.17, 15) is 22.3 Å². The van der Waals surface area contributed by atoms with Crippen molar-refractivity contribution in [1.29, 1.82) is 0 Å². The standard InChI is InChI=1S/C20H16F2O4S/c21-16-7-10-19(18(22)11-16)26-13-14-5-8-17(9-6-14)27(24,25)20-4-2-1-3-15(20)12-23/h1-11,23H,12-13H2. The average molecular weight is 390 g/mol. The highest BCUT2D eigenvalue weighted by molar-refractivity contribution is 7.91. The summed E-state index contributed by atoms with van der Waals surface area (Å²) < 4.78 is 57.3. The molecule has 0 amide bonds. The molecule has 3 rings (SSSR count). The van der Waals surface area contributed by atoms with E-state index < -0.39 is 21.5 Å². The molecule has 0 bridgehead atoms. The normalized spacial score (nSPS) is 11.4. The van der Waals surface area contributed by atoms with Crippen molar-refractivity contribution in [2.45, 2.75) is 23.0 Å². The summed E-state index contributed by atoms with van der Waals surface area (Å²) in [7, 11) is -3.78. The smallest absolute Gasteiger partial charge is 0.206 e. The number of hydrogen-bond donors (Lipinski definition) is 1. The molecular weight excluding hydrogens is 374 g/mol. The SMILES string of the molecule is O=S(=O)(c1ccc(COc2ccc(F)cc2F)cc1)c1ccccc1CO. The lowest BCUT2D eigenvalue weighted by Crippen LogP contribution is -2.06. The van der Waals surface area contributed by atoms with E-state index in [1.165, 1.54) is 24.3 Å². The van der Waals surface area contributed by atoms with Gasteiger partial charge in [0.25, 0.3) is 0 Å². The van der Waals surface area contributed by atoms with E-state index >= 15 is 0 Å². The van der Waals surface area contributed by atoms with Crippen molar-refractivity contribution < 1.29 is 27.0 Å². The van der Waals surface area contributed by atoms with Crippen LogP contribution in [0.5, 0.6) is 5.75 Å². The van der Waals surface area contributed by atoms with Crippen LogP contribution in [0.25, 0.3) is 0 Å². The van der Waals surface area contributed by atoms with Crippen LogP contribution < -0.4 is 4.74 Å². The molecule has 0 fully saturated rings. The molecule has 3 aromatic carbocycles. The van der Waals surface area contributed by atoms with Crippen LogP contribution in [0.2, 0.25) is 0 Å². The first-order chi connectivity index (χ1) is 12.9. The fourth-order valence-electron chi connectivity index (χ4n) is 2.54. The van der Waals surface area contributed by atoms with Gasteiger partial charge < -0.3 is 9.84 Å². The zero-order valence-corrected chi connectivity index (χ0v) is 14.9. The van der Waals surface area contributed by atoms with E-state index in [1.54, 1.807) is 30.3 Å². The van der Waals surface area contributed by atoms with Gasteiger partial charge in [-0.05, 0) is 41.5 Å². The van der Waals surface area contributed by atoms with Gasteiger partial charge in [-0.1, -0.05) is 30.3 Å². The molecule has 0 aliphatic carbocycles. The van der Waals surface area contributed by atoms with E-state index in [-0.39, 0.29) is 28.8 Å². The maximum Gasteiger partial charge on any atom is 0.206 e. The quantitative estimate of drug-likeness (QED) is 0.694. The summed E-state index contributed by atoms with van der Waals surface area (Å²) in [5, 5.41) is 9.36. The number of aliphatic hydroxyl groups excluding tert-OH is 1. The van der Waals surface area contributed by atoms with Crippen LogP contribution in [-0.4, -0.2) is 13.5 Å². The van der Waals surface area contributed by atoms with Gasteiger partial charge in [0.1, 0.15) is 12.4 Å². The minimum absolute atomic E-state index is 0.00386. The summed E-state index contributed by atoms with van der Waals surface area (Å²) in [6.07, 6.45) is 0. The Morgan fingerprint density at radius 2 is 1.63 bits per heavy atom.